The van der Waals surface area contributed by atoms with Crippen molar-refractivity contribution in [3.8, 4) is 0 Å². The Morgan fingerprint density at radius 2 is 1.31 bits per heavy atom. The Labute approximate surface area is 207 Å². The van der Waals surface area contributed by atoms with Gasteiger partial charge in [0.15, 0.2) is 0 Å². The number of unbranched alkanes of at least 4 members (excludes halogenated alkanes) is 2. The zero-order valence-corrected chi connectivity index (χ0v) is 21.8. The Kier molecular flexibility index (Phi) is 25.7. The van der Waals surface area contributed by atoms with Gasteiger partial charge >= 0.3 is 5.97 Å². The van der Waals surface area contributed by atoms with Crippen molar-refractivity contribution < 1.29 is 18.9 Å². The summed E-state index contributed by atoms with van der Waals surface area (Å²) in [7, 11) is 15.2. The Balaban J connectivity index is 0. The number of aliphatic carboxylic acids is 1. The van der Waals surface area contributed by atoms with Crippen LogP contribution in [0.2, 0.25) is 0 Å². The van der Waals surface area contributed by atoms with Crippen LogP contribution in [0.1, 0.15) is 71.6 Å². The number of carbonyl (C=O) groups excluding carboxylic acids is 1. The standard InChI is InChI=1S/C8H13ClOS2.C8H14O2S2.CH4.Cl2OS/c2*9-8(10)4-2-1-3-7-5-6-11-12-7;;1-4(2)3/h7H,1-6H2;7H,1-6H2,(H,9,10);1H4;/t2*7-;;/m11../s1. The molecule has 2 saturated heterocycles. The molecule has 0 unspecified atom stereocenters. The number of carbonyl (C=O) groups is 2. The van der Waals surface area contributed by atoms with E-state index in [1.165, 1.54) is 37.2 Å². The van der Waals surface area contributed by atoms with Crippen molar-refractivity contribution in [2.45, 2.75) is 82.1 Å². The molecule has 2 rings (SSSR count). The molecule has 12 heteroatoms. The molecule has 0 spiro atoms. The van der Waals surface area contributed by atoms with E-state index in [1.807, 2.05) is 43.2 Å². The molecular weight excluding hydrogens is 535 g/mol. The van der Waals surface area contributed by atoms with Crippen LogP contribution in [0.3, 0.4) is 0 Å². The summed E-state index contributed by atoms with van der Waals surface area (Å²) in [6.45, 7) is 0. The highest BCUT2D eigenvalue weighted by atomic mass is 36.0. The molecule has 0 aromatic rings. The molecule has 0 radical (unpaired) electrons. The van der Waals surface area contributed by atoms with E-state index < -0.39 is 15.2 Å². The van der Waals surface area contributed by atoms with Gasteiger partial charge in [0.2, 0.25) is 14.5 Å². The molecule has 0 aromatic carbocycles. The Bertz CT molecular complexity index is 411. The first kappa shape index (κ1) is 32.7. The van der Waals surface area contributed by atoms with Crippen LogP contribution in [-0.2, 0) is 18.8 Å². The fraction of sp³-hybridized carbons (Fsp3) is 0.882. The molecule has 0 aliphatic carbocycles. The van der Waals surface area contributed by atoms with Gasteiger partial charge in [-0.1, -0.05) is 63.4 Å². The molecular formula is C17H31Cl3O4S5. The van der Waals surface area contributed by atoms with Gasteiger partial charge < -0.3 is 5.11 Å². The van der Waals surface area contributed by atoms with Gasteiger partial charge in [-0.2, -0.15) is 0 Å². The summed E-state index contributed by atoms with van der Waals surface area (Å²) in [5.41, 5.74) is 0. The molecule has 2 atom stereocenters. The van der Waals surface area contributed by atoms with E-state index in [2.05, 4.69) is 21.4 Å². The predicted octanol–water partition coefficient (Wildman–Crippen LogP) is 7.93. The minimum atomic E-state index is -1.67. The third kappa shape index (κ3) is 25.7. The highest BCUT2D eigenvalue weighted by Gasteiger charge is 2.16. The summed E-state index contributed by atoms with van der Waals surface area (Å²) in [5.74, 6) is 1.90. The lowest BCUT2D eigenvalue weighted by Gasteiger charge is -2.04. The average molecular weight is 566 g/mol. The summed E-state index contributed by atoms with van der Waals surface area (Å²) < 4.78 is 9.09. The van der Waals surface area contributed by atoms with E-state index in [1.54, 1.807) is 0 Å². The Morgan fingerprint density at radius 1 is 0.897 bits per heavy atom. The highest BCUT2D eigenvalue weighted by molar-refractivity contribution is 8.77. The molecule has 0 aromatic heterocycles. The quantitative estimate of drug-likeness (QED) is 0.163. The van der Waals surface area contributed by atoms with Gasteiger partial charge in [0.05, 0.1) is 0 Å². The molecule has 2 fully saturated rings. The summed E-state index contributed by atoms with van der Waals surface area (Å²) in [6.07, 6.45) is 10.0. The molecule has 0 amide bonds. The second kappa shape index (κ2) is 22.7. The molecule has 4 nitrogen and oxygen atoms in total. The first-order valence-corrected chi connectivity index (χ1v) is 17.0. The number of hydrogen-bond acceptors (Lipinski definition) is 7. The van der Waals surface area contributed by atoms with Gasteiger partial charge in [-0.25, -0.2) is 4.21 Å². The monoisotopic (exact) mass is 564 g/mol. The molecule has 0 bridgehead atoms. The molecule has 1 N–H and O–H groups in total. The zero-order valence-electron chi connectivity index (χ0n) is 15.5. The summed E-state index contributed by atoms with van der Waals surface area (Å²) in [4.78, 5) is 20.6. The van der Waals surface area contributed by atoms with Crippen molar-refractivity contribution in [3.63, 3.8) is 0 Å². The van der Waals surface area contributed by atoms with Gasteiger partial charge in [-0.05, 0) is 50.1 Å². The fourth-order valence-corrected chi connectivity index (χ4v) is 8.60. The van der Waals surface area contributed by atoms with E-state index in [-0.39, 0.29) is 12.7 Å². The van der Waals surface area contributed by atoms with Gasteiger partial charge in [-0.3, -0.25) is 9.59 Å². The second-order valence-corrected chi connectivity index (χ2v) is 14.6. The Morgan fingerprint density at radius 3 is 1.62 bits per heavy atom. The van der Waals surface area contributed by atoms with Gasteiger partial charge in [-0.15, -0.1) is 0 Å². The molecule has 2 aliphatic heterocycles. The number of carboxylic acid groups (broad SMARTS) is 1. The average Bonchev–Trinajstić information content (AvgIpc) is 3.29. The van der Waals surface area contributed by atoms with Crippen molar-refractivity contribution in [3.05, 3.63) is 0 Å². The lowest BCUT2D eigenvalue weighted by Crippen LogP contribution is -1.99. The van der Waals surface area contributed by atoms with Crippen molar-refractivity contribution in [2.24, 2.45) is 0 Å². The second-order valence-electron chi connectivity index (χ2n) is 6.08. The maximum absolute atomic E-state index is 10.4. The van der Waals surface area contributed by atoms with E-state index in [4.69, 9.17) is 20.9 Å². The third-order valence-electron chi connectivity index (χ3n) is 3.77. The van der Waals surface area contributed by atoms with E-state index in [0.29, 0.717) is 12.8 Å². The van der Waals surface area contributed by atoms with Crippen LogP contribution in [-0.4, -0.2) is 42.5 Å². The van der Waals surface area contributed by atoms with Crippen LogP contribution in [0.5, 0.6) is 0 Å². The SMILES string of the molecule is C.O=C(Cl)CCCC[C@@H]1CCSS1.O=C(O)CCCC[C@@H]1CCSS1.O=S(Cl)Cl. The molecule has 2 aliphatic rings. The lowest BCUT2D eigenvalue weighted by molar-refractivity contribution is -0.137. The summed E-state index contributed by atoms with van der Waals surface area (Å²) in [6, 6.07) is 0. The summed E-state index contributed by atoms with van der Waals surface area (Å²) in [5, 5.41) is 9.83. The van der Waals surface area contributed by atoms with Crippen LogP contribution in [0.4, 0.5) is 0 Å². The maximum Gasteiger partial charge on any atom is 0.303 e. The van der Waals surface area contributed by atoms with Crippen LogP contribution < -0.4 is 0 Å². The first-order chi connectivity index (χ1) is 13.3. The van der Waals surface area contributed by atoms with Crippen molar-refractivity contribution in [1.82, 2.24) is 0 Å². The Hall–Kier alpha value is 1.56. The number of halogens is 3. The van der Waals surface area contributed by atoms with Gasteiger partial charge in [0.1, 0.15) is 0 Å². The lowest BCUT2D eigenvalue weighted by atomic mass is 10.1. The fourth-order valence-electron chi connectivity index (χ4n) is 2.41. The minimum Gasteiger partial charge on any atom is -0.481 e. The van der Waals surface area contributed by atoms with Crippen LogP contribution in [0.15, 0.2) is 0 Å². The molecule has 174 valence electrons. The van der Waals surface area contributed by atoms with Crippen LogP contribution >= 0.6 is 76.1 Å². The largest absolute Gasteiger partial charge is 0.481 e. The van der Waals surface area contributed by atoms with Crippen LogP contribution in [0.25, 0.3) is 0 Å². The first-order valence-electron chi connectivity index (χ1n) is 9.02. The number of rotatable bonds is 10. The van der Waals surface area contributed by atoms with Crippen LogP contribution in [0, 0.1) is 0 Å². The zero-order chi connectivity index (χ0) is 21.2. The van der Waals surface area contributed by atoms with E-state index >= 15 is 0 Å². The predicted molar refractivity (Wildman–Crippen MR) is 139 cm³/mol. The normalized spacial score (nSPS) is 20.1. The smallest absolute Gasteiger partial charge is 0.303 e. The van der Waals surface area contributed by atoms with Gasteiger partial charge in [0.25, 0.3) is 0 Å². The van der Waals surface area contributed by atoms with E-state index in [9.17, 15) is 9.59 Å². The highest BCUT2D eigenvalue weighted by Crippen LogP contribution is 2.40. The summed E-state index contributed by atoms with van der Waals surface area (Å²) >= 11 is 5.22. The van der Waals surface area contributed by atoms with Crippen molar-refractivity contribution in [2.75, 3.05) is 11.5 Å². The number of hydrogen-bond donors (Lipinski definition) is 1. The number of carboxylic acids is 1. The molecule has 2 heterocycles. The maximum atomic E-state index is 10.4. The molecule has 0 saturated carbocycles. The van der Waals surface area contributed by atoms with Crippen molar-refractivity contribution in [1.29, 1.82) is 0 Å². The topological polar surface area (TPSA) is 71.4 Å². The minimum absolute atomic E-state index is 0. The van der Waals surface area contributed by atoms with E-state index in [0.717, 1.165) is 36.2 Å². The van der Waals surface area contributed by atoms with Crippen molar-refractivity contribution >= 4 is 96.6 Å². The third-order valence-corrected chi connectivity index (χ3v) is 9.97. The molecule has 29 heavy (non-hydrogen) atoms. The van der Waals surface area contributed by atoms with Gasteiger partial charge in [0, 0.05) is 56.2 Å².